The van der Waals surface area contributed by atoms with Gasteiger partial charge in [0.2, 0.25) is 0 Å². The van der Waals surface area contributed by atoms with E-state index in [-0.39, 0.29) is 12.4 Å². The van der Waals surface area contributed by atoms with Gasteiger partial charge < -0.3 is 4.74 Å². The number of benzene rings is 3. The van der Waals surface area contributed by atoms with E-state index in [0.29, 0.717) is 22.2 Å². The lowest BCUT2D eigenvalue weighted by atomic mass is 9.84. The zero-order valence-corrected chi connectivity index (χ0v) is 21.8. The number of hydrogen-bond donors (Lipinski definition) is 0. The second kappa shape index (κ2) is 12.1. The predicted octanol–water partition coefficient (Wildman–Crippen LogP) is 7.68. The van der Waals surface area contributed by atoms with Gasteiger partial charge >= 0.3 is 5.97 Å². The number of esters is 1. The van der Waals surface area contributed by atoms with Crippen LogP contribution in [0, 0.1) is 0 Å². The molecule has 0 aliphatic heterocycles. The fourth-order valence-corrected chi connectivity index (χ4v) is 5.08. The van der Waals surface area contributed by atoms with Gasteiger partial charge in [0.25, 0.3) is 0 Å². The van der Waals surface area contributed by atoms with E-state index in [0.717, 1.165) is 16.8 Å². The molecule has 6 heteroatoms. The Hall–Kier alpha value is -3.96. The number of ketones is 1. The van der Waals surface area contributed by atoms with Crippen molar-refractivity contribution in [3.8, 4) is 16.9 Å². The average molecular weight is 525 g/mol. The maximum Gasteiger partial charge on any atom is 0.331 e. The number of nitrogens with zero attached hydrogens (tertiary/aromatic N) is 2. The van der Waals surface area contributed by atoms with Gasteiger partial charge in [-0.15, -0.1) is 0 Å². The van der Waals surface area contributed by atoms with Crippen LogP contribution < -0.4 is 0 Å². The SMILES string of the molecule is O=C(C=Cc1cn(-c2ccccc2)nc1-c1cccc(Cl)c1)OCC(=O)c1ccc(C2CCCCC2)cc1. The van der Waals surface area contributed by atoms with Gasteiger partial charge in [-0.1, -0.05) is 85.5 Å². The number of hydrogen-bond acceptors (Lipinski definition) is 4. The molecule has 0 radical (unpaired) electrons. The second-order valence-corrected chi connectivity index (χ2v) is 9.98. The molecule has 1 aromatic heterocycles. The van der Waals surface area contributed by atoms with Gasteiger partial charge in [0, 0.05) is 34.0 Å². The summed E-state index contributed by atoms with van der Waals surface area (Å²) in [5, 5.41) is 5.32. The number of aromatic nitrogens is 2. The Morgan fingerprint density at radius 1 is 0.947 bits per heavy atom. The molecule has 0 unspecified atom stereocenters. The van der Waals surface area contributed by atoms with E-state index < -0.39 is 5.97 Å². The van der Waals surface area contributed by atoms with Crippen molar-refractivity contribution in [3.63, 3.8) is 0 Å². The molecule has 3 aromatic carbocycles. The molecule has 0 spiro atoms. The van der Waals surface area contributed by atoms with Gasteiger partial charge in [-0.2, -0.15) is 5.10 Å². The Morgan fingerprint density at radius 3 is 2.45 bits per heavy atom. The molecule has 0 bridgehead atoms. The Labute approximate surface area is 227 Å². The molecule has 1 heterocycles. The molecule has 5 rings (SSSR count). The van der Waals surface area contributed by atoms with E-state index in [1.54, 1.807) is 16.8 Å². The molecule has 1 saturated carbocycles. The predicted molar refractivity (Wildman–Crippen MR) is 151 cm³/mol. The summed E-state index contributed by atoms with van der Waals surface area (Å²) in [6.45, 7) is -0.309. The summed E-state index contributed by atoms with van der Waals surface area (Å²) >= 11 is 6.21. The molecule has 38 heavy (non-hydrogen) atoms. The molecule has 0 amide bonds. The third-order valence-corrected chi connectivity index (χ3v) is 7.15. The Bertz CT molecular complexity index is 1440. The number of ether oxygens (including phenoxy) is 1. The summed E-state index contributed by atoms with van der Waals surface area (Å²) in [5.41, 5.74) is 4.94. The normalized spacial score (nSPS) is 14.0. The average Bonchev–Trinajstić information content (AvgIpc) is 3.40. The Balaban J connectivity index is 1.26. The third kappa shape index (κ3) is 6.29. The minimum absolute atomic E-state index is 0.224. The zero-order valence-electron chi connectivity index (χ0n) is 21.1. The first-order valence-electron chi connectivity index (χ1n) is 13.0. The first kappa shape index (κ1) is 25.7. The van der Waals surface area contributed by atoms with Crippen molar-refractivity contribution in [2.45, 2.75) is 38.0 Å². The highest BCUT2D eigenvalue weighted by atomic mass is 35.5. The molecule has 192 valence electrons. The first-order valence-corrected chi connectivity index (χ1v) is 13.3. The first-order chi connectivity index (χ1) is 18.6. The zero-order chi connectivity index (χ0) is 26.3. The van der Waals surface area contributed by atoms with E-state index in [1.165, 1.54) is 43.7 Å². The van der Waals surface area contributed by atoms with E-state index >= 15 is 0 Å². The molecule has 1 aliphatic carbocycles. The Morgan fingerprint density at radius 2 is 1.71 bits per heavy atom. The maximum absolute atomic E-state index is 12.6. The van der Waals surface area contributed by atoms with Gasteiger partial charge in [0.15, 0.2) is 12.4 Å². The van der Waals surface area contributed by atoms with Gasteiger partial charge in [-0.05, 0) is 54.7 Å². The highest BCUT2D eigenvalue weighted by molar-refractivity contribution is 6.30. The van der Waals surface area contributed by atoms with Crippen molar-refractivity contribution in [2.75, 3.05) is 6.61 Å². The van der Waals surface area contributed by atoms with Crippen LogP contribution in [0.4, 0.5) is 0 Å². The lowest BCUT2D eigenvalue weighted by Crippen LogP contribution is -2.13. The van der Waals surface area contributed by atoms with Gasteiger partial charge in [0.1, 0.15) is 5.69 Å². The second-order valence-electron chi connectivity index (χ2n) is 9.54. The maximum atomic E-state index is 12.6. The van der Waals surface area contributed by atoms with E-state index in [4.69, 9.17) is 21.4 Å². The van der Waals surface area contributed by atoms with Crippen molar-refractivity contribution in [3.05, 3.63) is 113 Å². The number of halogens is 1. The van der Waals surface area contributed by atoms with E-state index in [2.05, 4.69) is 0 Å². The van der Waals surface area contributed by atoms with Gasteiger partial charge in [-0.25, -0.2) is 9.48 Å². The monoisotopic (exact) mass is 524 g/mol. The quantitative estimate of drug-likeness (QED) is 0.135. The van der Waals surface area contributed by atoms with Crippen LogP contribution in [0.5, 0.6) is 0 Å². The number of para-hydroxylation sites is 1. The van der Waals surface area contributed by atoms with Crippen molar-refractivity contribution >= 4 is 29.4 Å². The molecular formula is C32H29ClN2O3. The van der Waals surface area contributed by atoms with Crippen LogP contribution in [-0.4, -0.2) is 28.1 Å². The molecule has 0 atom stereocenters. The molecular weight excluding hydrogens is 496 g/mol. The topological polar surface area (TPSA) is 61.2 Å². The van der Waals surface area contributed by atoms with Crippen LogP contribution in [0.3, 0.4) is 0 Å². The number of Topliss-reactive ketones (excluding diaryl/α,β-unsaturated/α-hetero) is 1. The summed E-state index contributed by atoms with van der Waals surface area (Å²) in [7, 11) is 0. The van der Waals surface area contributed by atoms with Crippen molar-refractivity contribution < 1.29 is 14.3 Å². The standard InChI is InChI=1S/C32H29ClN2O3/c33-28-11-7-10-26(20-28)32-27(21-35(34-32)29-12-5-2-6-13-29)18-19-31(37)38-22-30(36)25-16-14-24(15-17-25)23-8-3-1-4-9-23/h2,5-7,10-21,23H,1,3-4,8-9,22H2. The van der Waals surface area contributed by atoms with Crippen LogP contribution in [0.2, 0.25) is 5.02 Å². The van der Waals surface area contributed by atoms with Crippen molar-refractivity contribution in [1.82, 2.24) is 9.78 Å². The van der Waals surface area contributed by atoms with Crippen LogP contribution in [0.25, 0.3) is 23.0 Å². The molecule has 4 aromatic rings. The number of carbonyl (C=O) groups excluding carboxylic acids is 2. The summed E-state index contributed by atoms with van der Waals surface area (Å²) in [6, 6.07) is 24.8. The van der Waals surface area contributed by atoms with Crippen molar-refractivity contribution in [2.24, 2.45) is 0 Å². The summed E-state index contributed by atoms with van der Waals surface area (Å²) in [4.78, 5) is 25.1. The summed E-state index contributed by atoms with van der Waals surface area (Å²) in [5.74, 6) is -0.237. The van der Waals surface area contributed by atoms with Crippen molar-refractivity contribution in [1.29, 1.82) is 0 Å². The highest BCUT2D eigenvalue weighted by Crippen LogP contribution is 2.32. The third-order valence-electron chi connectivity index (χ3n) is 6.92. The molecule has 1 aliphatic rings. The van der Waals surface area contributed by atoms with Gasteiger partial charge in [0.05, 0.1) is 5.69 Å². The smallest absolute Gasteiger partial charge is 0.331 e. The van der Waals surface area contributed by atoms with E-state index in [9.17, 15) is 9.59 Å². The summed E-state index contributed by atoms with van der Waals surface area (Å²) in [6.07, 6.45) is 11.1. The molecule has 0 N–H and O–H groups in total. The summed E-state index contributed by atoms with van der Waals surface area (Å²) < 4.78 is 7.01. The van der Waals surface area contributed by atoms with Crippen LogP contribution >= 0.6 is 11.6 Å². The number of carbonyl (C=O) groups is 2. The lowest BCUT2D eigenvalue weighted by molar-refractivity contribution is -0.136. The van der Waals surface area contributed by atoms with Gasteiger partial charge in [-0.3, -0.25) is 4.79 Å². The fraction of sp³-hybridized carbons (Fsp3) is 0.219. The van der Waals surface area contributed by atoms with Crippen LogP contribution in [0.1, 0.15) is 59.5 Å². The molecule has 0 saturated heterocycles. The fourth-order valence-electron chi connectivity index (χ4n) is 4.89. The molecule has 1 fully saturated rings. The highest BCUT2D eigenvalue weighted by Gasteiger charge is 2.17. The Kier molecular flexibility index (Phi) is 8.15. The minimum Gasteiger partial charge on any atom is -0.454 e. The number of rotatable bonds is 8. The molecule has 5 nitrogen and oxygen atoms in total. The van der Waals surface area contributed by atoms with E-state index in [1.807, 2.05) is 79.0 Å². The van der Waals surface area contributed by atoms with Crippen LogP contribution in [0.15, 0.2) is 91.1 Å². The largest absolute Gasteiger partial charge is 0.454 e. The lowest BCUT2D eigenvalue weighted by Gasteiger charge is -2.22. The van der Waals surface area contributed by atoms with Crippen LogP contribution in [-0.2, 0) is 9.53 Å². The minimum atomic E-state index is -0.596.